The van der Waals surface area contributed by atoms with Crippen LogP contribution in [0.1, 0.15) is 43.7 Å². The first-order valence-corrected chi connectivity index (χ1v) is 11.5. The molecule has 1 atom stereocenters. The molecule has 1 saturated heterocycles. The number of nitrogens with zero attached hydrogens (tertiary/aromatic N) is 6. The lowest BCUT2D eigenvalue weighted by atomic mass is 9.87. The summed E-state index contributed by atoms with van der Waals surface area (Å²) in [5, 5.41) is 11.6. The van der Waals surface area contributed by atoms with E-state index in [2.05, 4.69) is 31.0 Å². The number of aromatic nitrogens is 5. The van der Waals surface area contributed by atoms with Crippen LogP contribution in [0.4, 0.5) is 10.2 Å². The van der Waals surface area contributed by atoms with Gasteiger partial charge >= 0.3 is 11.6 Å². The van der Waals surface area contributed by atoms with E-state index in [-0.39, 0.29) is 23.0 Å². The van der Waals surface area contributed by atoms with Crippen molar-refractivity contribution >= 4 is 23.3 Å². The number of anilines is 1. The second kappa shape index (κ2) is 6.97. The molecule has 0 aliphatic carbocycles. The molecule has 2 aliphatic rings. The Hall–Kier alpha value is -4.08. The highest BCUT2D eigenvalue weighted by Gasteiger charge is 2.62. The van der Waals surface area contributed by atoms with Crippen molar-refractivity contribution in [3.63, 3.8) is 0 Å². The van der Waals surface area contributed by atoms with Gasteiger partial charge in [0.2, 0.25) is 5.69 Å². The number of imidazole rings is 1. The Morgan fingerprint density at radius 2 is 1.86 bits per heavy atom. The summed E-state index contributed by atoms with van der Waals surface area (Å²) >= 11 is 0. The second-order valence-electron chi connectivity index (χ2n) is 10.2. The molecule has 0 saturated carbocycles. The Morgan fingerprint density at radius 3 is 2.51 bits per heavy atom. The third-order valence-corrected chi connectivity index (χ3v) is 7.00. The van der Waals surface area contributed by atoms with Crippen LogP contribution in [-0.4, -0.2) is 49.6 Å². The molecule has 0 radical (unpaired) electrons. The van der Waals surface area contributed by atoms with Gasteiger partial charge in [-0.25, -0.2) is 4.39 Å². The van der Waals surface area contributed by atoms with Crippen LogP contribution >= 0.6 is 0 Å². The van der Waals surface area contributed by atoms with Gasteiger partial charge in [-0.05, 0) is 35.7 Å². The molecule has 9 nitrogen and oxygen atoms in total. The van der Waals surface area contributed by atoms with Gasteiger partial charge in [0, 0.05) is 31.6 Å². The van der Waals surface area contributed by atoms with Crippen molar-refractivity contribution in [1.82, 2.24) is 24.7 Å². The number of fused-ring (bicyclic) bond motifs is 5. The number of rotatable bonds is 2. The highest BCUT2D eigenvalue weighted by molar-refractivity contribution is 6.04. The van der Waals surface area contributed by atoms with E-state index in [1.165, 1.54) is 12.1 Å². The van der Waals surface area contributed by atoms with Crippen molar-refractivity contribution < 1.29 is 18.5 Å². The number of amides is 2. The molecular formula is C25H25FN7O2+. The van der Waals surface area contributed by atoms with E-state index < -0.39 is 5.66 Å². The van der Waals surface area contributed by atoms with Crippen molar-refractivity contribution in [2.45, 2.75) is 38.8 Å². The number of halogens is 1. The van der Waals surface area contributed by atoms with Crippen LogP contribution in [0.25, 0.3) is 16.9 Å². The monoisotopic (exact) mass is 474 g/mol. The number of benzene rings is 1. The van der Waals surface area contributed by atoms with E-state index in [1.807, 2.05) is 10.6 Å². The Morgan fingerprint density at radius 1 is 1.11 bits per heavy atom. The minimum absolute atomic E-state index is 0.209. The Balaban J connectivity index is 1.61. The lowest BCUT2D eigenvalue weighted by molar-refractivity contribution is -0.731. The van der Waals surface area contributed by atoms with Gasteiger partial charge in [-0.15, -0.1) is 0 Å². The molecular weight excluding hydrogens is 449 g/mol. The molecule has 2 amide bonds. The fourth-order valence-electron chi connectivity index (χ4n) is 5.20. The maximum absolute atomic E-state index is 14.0. The Labute approximate surface area is 200 Å². The highest BCUT2D eigenvalue weighted by Crippen LogP contribution is 2.36. The lowest BCUT2D eigenvalue weighted by Crippen LogP contribution is -2.72. The van der Waals surface area contributed by atoms with Crippen molar-refractivity contribution in [3.05, 3.63) is 65.9 Å². The number of nitrogens with one attached hydrogen (secondary N) is 1. The van der Waals surface area contributed by atoms with Gasteiger partial charge < -0.3 is 0 Å². The van der Waals surface area contributed by atoms with Gasteiger partial charge in [-0.2, -0.15) is 9.67 Å². The second-order valence-corrected chi connectivity index (χ2v) is 10.2. The van der Waals surface area contributed by atoms with Gasteiger partial charge in [-0.3, -0.25) is 24.5 Å². The lowest BCUT2D eigenvalue weighted by Gasteiger charge is -2.40. The summed E-state index contributed by atoms with van der Waals surface area (Å²) in [6.45, 7) is 8.78. The summed E-state index contributed by atoms with van der Waals surface area (Å²) in [4.78, 5) is 30.8. The molecule has 6 rings (SSSR count). The Kier molecular flexibility index (Phi) is 4.27. The molecule has 1 aromatic carbocycles. The smallest absolute Gasteiger partial charge is 0.290 e. The first kappa shape index (κ1) is 21.5. The molecule has 5 heterocycles. The fourth-order valence-corrected chi connectivity index (χ4v) is 5.20. The zero-order valence-electron chi connectivity index (χ0n) is 19.9. The molecule has 1 unspecified atom stereocenters. The molecule has 2 aliphatic heterocycles. The predicted octanol–water partition coefficient (Wildman–Crippen LogP) is 2.62. The molecule has 35 heavy (non-hydrogen) atoms. The molecule has 1 fully saturated rings. The summed E-state index contributed by atoms with van der Waals surface area (Å²) in [7, 11) is 0. The topological polar surface area (TPSA) is 90.5 Å². The van der Waals surface area contributed by atoms with Crippen LogP contribution in [0.5, 0.6) is 0 Å². The average molecular weight is 475 g/mol. The third kappa shape index (κ3) is 2.88. The van der Waals surface area contributed by atoms with Crippen molar-refractivity contribution in [2.75, 3.05) is 18.0 Å². The number of hydrogen-bond donors (Lipinski definition) is 1. The molecule has 1 N–H and O–H groups in total. The Bertz CT molecular complexity index is 1500. The summed E-state index contributed by atoms with van der Waals surface area (Å²) in [6, 6.07) is 9.87. The van der Waals surface area contributed by atoms with Crippen molar-refractivity contribution in [2.24, 2.45) is 0 Å². The van der Waals surface area contributed by atoms with Crippen molar-refractivity contribution in [1.29, 1.82) is 0 Å². The molecule has 0 spiro atoms. The maximum atomic E-state index is 14.0. The van der Waals surface area contributed by atoms with E-state index in [0.29, 0.717) is 35.9 Å². The van der Waals surface area contributed by atoms with E-state index in [4.69, 9.17) is 5.10 Å². The number of hydrogen-bond acceptors (Lipinski definition) is 4. The van der Waals surface area contributed by atoms with Crippen LogP contribution in [0.15, 0.2) is 48.8 Å². The van der Waals surface area contributed by atoms with E-state index in [0.717, 1.165) is 11.1 Å². The highest BCUT2D eigenvalue weighted by atomic mass is 19.1. The molecule has 4 aromatic rings. The van der Waals surface area contributed by atoms with Gasteiger partial charge in [0.1, 0.15) is 17.3 Å². The normalized spacial score (nSPS) is 20.0. The van der Waals surface area contributed by atoms with Crippen LogP contribution in [0, 0.1) is 5.82 Å². The van der Waals surface area contributed by atoms with Crippen LogP contribution in [0.2, 0.25) is 0 Å². The summed E-state index contributed by atoms with van der Waals surface area (Å²) in [6.07, 6.45) is 3.29. The van der Waals surface area contributed by atoms with Gasteiger partial charge in [-0.1, -0.05) is 30.4 Å². The van der Waals surface area contributed by atoms with Crippen molar-refractivity contribution in [3.8, 4) is 11.3 Å². The average Bonchev–Trinajstić information content (AvgIpc) is 3.51. The van der Waals surface area contributed by atoms with E-state index >= 15 is 0 Å². The van der Waals surface area contributed by atoms with Gasteiger partial charge in [0.15, 0.2) is 6.20 Å². The van der Waals surface area contributed by atoms with Crippen LogP contribution in [0.3, 0.4) is 0 Å². The first-order valence-electron chi connectivity index (χ1n) is 11.5. The van der Waals surface area contributed by atoms with Crippen LogP contribution < -0.4 is 9.47 Å². The number of aromatic amines is 1. The van der Waals surface area contributed by atoms with E-state index in [9.17, 15) is 14.0 Å². The van der Waals surface area contributed by atoms with E-state index in [1.54, 1.807) is 51.8 Å². The standard InChI is InChI=1S/C25H25FN7O2/c1-24(2,3)17-13-18(15-5-7-16(26)8-6-15)29-32-14-19-22(34)31-12-11-30(20-9-10-27-28-20)23(35)25(31,4)33(19)21(17)32/h5-10,13-14H,11-12H2,1-4H3,(H,27,28)/q+1. The minimum atomic E-state index is -1.26. The first-order chi connectivity index (χ1) is 16.6. The maximum Gasteiger partial charge on any atom is 0.314 e. The third-order valence-electron chi connectivity index (χ3n) is 7.00. The quantitative estimate of drug-likeness (QED) is 0.452. The van der Waals surface area contributed by atoms with Crippen LogP contribution in [-0.2, 0) is 15.9 Å². The van der Waals surface area contributed by atoms with Gasteiger partial charge in [0.25, 0.3) is 11.6 Å². The van der Waals surface area contributed by atoms with Gasteiger partial charge in [0.05, 0.1) is 11.8 Å². The number of carbonyl (C=O) groups is 2. The fraction of sp³-hybridized carbons (Fsp3) is 0.320. The summed E-state index contributed by atoms with van der Waals surface area (Å²) in [5.41, 5.74) is 1.81. The molecule has 3 aromatic heterocycles. The zero-order chi connectivity index (χ0) is 24.7. The molecule has 0 bridgehead atoms. The predicted molar refractivity (Wildman–Crippen MR) is 125 cm³/mol. The SMILES string of the molecule is CC(C)(C)c1cc(-c2ccc(F)cc2)nn2cc3[n+](c12)C1(C)C(=O)N(c2ccn[nH]2)CCN1C3=O. The summed E-state index contributed by atoms with van der Waals surface area (Å²) in [5.74, 6) is -0.161. The minimum Gasteiger partial charge on any atom is -0.290 e. The summed E-state index contributed by atoms with van der Waals surface area (Å²) < 4.78 is 17.0. The number of piperazine rings is 1. The number of H-pyrrole nitrogens is 1. The molecule has 10 heteroatoms. The molecule has 178 valence electrons. The number of carbonyl (C=O) groups excluding carboxylic acids is 2. The largest absolute Gasteiger partial charge is 0.314 e. The zero-order valence-corrected chi connectivity index (χ0v) is 19.9.